The molecule has 1 saturated carbocycles. The molecule has 1 aliphatic rings. The molecule has 27 heavy (non-hydrogen) atoms. The van der Waals surface area contributed by atoms with Gasteiger partial charge in [0.05, 0.1) is 23.5 Å². The van der Waals surface area contributed by atoms with E-state index >= 15 is 0 Å². The molecule has 0 unspecified atom stereocenters. The highest BCUT2D eigenvalue weighted by molar-refractivity contribution is 5.79. The molecule has 4 aromatic rings. The molecule has 8 heteroatoms. The van der Waals surface area contributed by atoms with E-state index in [0.29, 0.717) is 24.6 Å². The Morgan fingerprint density at radius 1 is 1.22 bits per heavy atom. The van der Waals surface area contributed by atoms with Crippen LogP contribution in [0, 0.1) is 0 Å². The number of hydrogen-bond acceptors (Lipinski definition) is 6. The number of imidazole rings is 1. The van der Waals surface area contributed by atoms with Crippen LogP contribution < -0.4 is 5.32 Å². The Kier molecular flexibility index (Phi) is 3.45. The molecule has 8 nitrogen and oxygen atoms in total. The summed E-state index contributed by atoms with van der Waals surface area (Å²) in [5, 5.41) is 17.7. The zero-order valence-electron chi connectivity index (χ0n) is 15.3. The number of fused-ring (bicyclic) bond motifs is 2. The van der Waals surface area contributed by atoms with Gasteiger partial charge in [0.1, 0.15) is 0 Å². The van der Waals surface area contributed by atoms with Crippen LogP contribution in [0.4, 0.5) is 5.95 Å². The van der Waals surface area contributed by atoms with Crippen molar-refractivity contribution in [2.45, 2.75) is 44.8 Å². The van der Waals surface area contributed by atoms with Crippen molar-refractivity contribution in [1.82, 2.24) is 29.0 Å². The van der Waals surface area contributed by atoms with E-state index in [4.69, 9.17) is 0 Å². The molecule has 0 amide bonds. The number of aliphatic hydroxyl groups is 1. The molecule has 0 aromatic carbocycles. The Morgan fingerprint density at radius 2 is 2.04 bits per heavy atom. The maximum atomic E-state index is 9.86. The predicted molar refractivity (Wildman–Crippen MR) is 102 cm³/mol. The molecule has 0 spiro atoms. The van der Waals surface area contributed by atoms with Crippen molar-refractivity contribution in [1.29, 1.82) is 0 Å². The van der Waals surface area contributed by atoms with E-state index in [0.717, 1.165) is 28.8 Å². The molecule has 0 saturated heterocycles. The molecule has 2 N–H and O–H groups in total. The van der Waals surface area contributed by atoms with Gasteiger partial charge in [-0.1, -0.05) is 6.92 Å². The van der Waals surface area contributed by atoms with Crippen molar-refractivity contribution in [3.05, 3.63) is 42.7 Å². The third kappa shape index (κ3) is 2.73. The highest BCUT2D eigenvalue weighted by Crippen LogP contribution is 2.33. The van der Waals surface area contributed by atoms with Crippen LogP contribution >= 0.6 is 0 Å². The quantitative estimate of drug-likeness (QED) is 0.578. The van der Waals surface area contributed by atoms with E-state index in [1.54, 1.807) is 0 Å². The van der Waals surface area contributed by atoms with Crippen LogP contribution in [0.2, 0.25) is 0 Å². The van der Waals surface area contributed by atoms with Crippen molar-refractivity contribution in [2.75, 3.05) is 5.32 Å². The van der Waals surface area contributed by atoms with E-state index in [1.807, 2.05) is 46.7 Å². The maximum Gasteiger partial charge on any atom is 0.241 e. The lowest BCUT2D eigenvalue weighted by molar-refractivity contribution is -0.0236. The molecule has 0 radical (unpaired) electrons. The number of aryl methyl sites for hydroxylation is 1. The minimum Gasteiger partial charge on any atom is -0.390 e. The Bertz CT molecular complexity index is 1140. The first-order valence-corrected chi connectivity index (χ1v) is 9.18. The maximum absolute atomic E-state index is 9.86. The van der Waals surface area contributed by atoms with Crippen LogP contribution in [-0.2, 0) is 6.42 Å². The van der Waals surface area contributed by atoms with Gasteiger partial charge in [0, 0.05) is 41.5 Å². The SMILES string of the molecule is CCc1cnc2ncc(-c3ccn4nc(NC5CC(C)(O)C5)ncc34)cn12. The monoisotopic (exact) mass is 363 g/mol. The lowest BCUT2D eigenvalue weighted by atomic mass is 9.77. The van der Waals surface area contributed by atoms with E-state index in [1.165, 1.54) is 0 Å². The largest absolute Gasteiger partial charge is 0.390 e. The fourth-order valence-electron chi connectivity index (χ4n) is 3.82. The molecule has 0 atom stereocenters. The lowest BCUT2D eigenvalue weighted by Gasteiger charge is -2.41. The van der Waals surface area contributed by atoms with E-state index in [2.05, 4.69) is 38.5 Å². The zero-order valence-corrected chi connectivity index (χ0v) is 15.3. The molecule has 0 aliphatic heterocycles. The summed E-state index contributed by atoms with van der Waals surface area (Å²) < 4.78 is 3.85. The van der Waals surface area contributed by atoms with Gasteiger partial charge in [-0.15, -0.1) is 5.10 Å². The summed E-state index contributed by atoms with van der Waals surface area (Å²) in [6, 6.07) is 2.24. The van der Waals surface area contributed by atoms with Crippen molar-refractivity contribution in [3.63, 3.8) is 0 Å². The first kappa shape index (κ1) is 16.2. The predicted octanol–water partition coefficient (Wildman–Crippen LogP) is 2.33. The number of nitrogens with one attached hydrogen (secondary N) is 1. The summed E-state index contributed by atoms with van der Waals surface area (Å²) in [6.45, 7) is 3.95. The van der Waals surface area contributed by atoms with Crippen molar-refractivity contribution >= 4 is 17.2 Å². The zero-order chi connectivity index (χ0) is 18.6. The van der Waals surface area contributed by atoms with Gasteiger partial charge in [0.25, 0.3) is 0 Å². The fraction of sp³-hybridized carbons (Fsp3) is 0.368. The molecule has 4 heterocycles. The lowest BCUT2D eigenvalue weighted by Crippen LogP contribution is -2.48. The number of rotatable bonds is 4. The standard InChI is InChI=1S/C19H21N7O/c1-3-14-9-22-18-21-8-12(11-25(14)18)15-4-5-26-16(15)10-20-17(24-26)23-13-6-19(2,27)7-13/h4-5,8-11,13,27H,3,6-7H2,1-2H3,(H,23,24). The van der Waals surface area contributed by atoms with Gasteiger partial charge in [0.15, 0.2) is 0 Å². The second-order valence-electron chi connectivity index (χ2n) is 7.50. The summed E-state index contributed by atoms with van der Waals surface area (Å²) in [6.07, 6.45) is 11.8. The molecule has 1 aliphatic carbocycles. The Balaban J connectivity index is 1.47. The van der Waals surface area contributed by atoms with Gasteiger partial charge in [-0.25, -0.2) is 19.5 Å². The van der Waals surface area contributed by atoms with E-state index in [-0.39, 0.29) is 6.04 Å². The van der Waals surface area contributed by atoms with Crippen LogP contribution in [0.15, 0.2) is 37.1 Å². The number of hydrogen-bond donors (Lipinski definition) is 2. The topological polar surface area (TPSA) is 92.6 Å². The van der Waals surface area contributed by atoms with Gasteiger partial charge >= 0.3 is 0 Å². The molecular weight excluding hydrogens is 342 g/mol. The molecule has 0 bridgehead atoms. The Labute approximate surface area is 155 Å². The molecular formula is C19H21N7O. The fourth-order valence-corrected chi connectivity index (χ4v) is 3.82. The summed E-state index contributed by atoms with van der Waals surface area (Å²) in [5.41, 5.74) is 3.50. The number of nitrogens with zero attached hydrogens (tertiary/aromatic N) is 6. The summed E-state index contributed by atoms with van der Waals surface area (Å²) in [7, 11) is 0. The minimum absolute atomic E-state index is 0.216. The Hall–Kier alpha value is -3.00. The van der Waals surface area contributed by atoms with Crippen molar-refractivity contribution in [3.8, 4) is 11.1 Å². The van der Waals surface area contributed by atoms with Gasteiger partial charge < -0.3 is 10.4 Å². The molecule has 5 rings (SSSR count). The van der Waals surface area contributed by atoms with Gasteiger partial charge in [-0.3, -0.25) is 4.40 Å². The van der Waals surface area contributed by atoms with E-state index < -0.39 is 5.60 Å². The third-order valence-corrected chi connectivity index (χ3v) is 5.24. The normalized spacial score (nSPS) is 22.3. The second kappa shape index (κ2) is 5.75. The minimum atomic E-state index is -0.571. The van der Waals surface area contributed by atoms with Crippen molar-refractivity contribution in [2.24, 2.45) is 0 Å². The first-order chi connectivity index (χ1) is 13.0. The van der Waals surface area contributed by atoms with Crippen LogP contribution in [-0.4, -0.2) is 45.7 Å². The molecule has 4 aromatic heterocycles. The Morgan fingerprint density at radius 3 is 2.81 bits per heavy atom. The average molecular weight is 363 g/mol. The summed E-state index contributed by atoms with van der Waals surface area (Å²) in [5.74, 6) is 1.28. The summed E-state index contributed by atoms with van der Waals surface area (Å²) in [4.78, 5) is 13.3. The van der Waals surface area contributed by atoms with Crippen LogP contribution in [0.5, 0.6) is 0 Å². The second-order valence-corrected chi connectivity index (χ2v) is 7.50. The smallest absolute Gasteiger partial charge is 0.241 e. The molecule has 1 fully saturated rings. The summed E-state index contributed by atoms with van der Waals surface area (Å²) >= 11 is 0. The third-order valence-electron chi connectivity index (χ3n) is 5.24. The highest BCUT2D eigenvalue weighted by atomic mass is 16.3. The first-order valence-electron chi connectivity index (χ1n) is 9.18. The average Bonchev–Trinajstić information content (AvgIpc) is 3.22. The van der Waals surface area contributed by atoms with Crippen molar-refractivity contribution < 1.29 is 5.11 Å². The van der Waals surface area contributed by atoms with Crippen LogP contribution in [0.3, 0.4) is 0 Å². The number of anilines is 1. The van der Waals surface area contributed by atoms with Gasteiger partial charge in [0.2, 0.25) is 11.7 Å². The van der Waals surface area contributed by atoms with Gasteiger partial charge in [-0.05, 0) is 32.3 Å². The van der Waals surface area contributed by atoms with Gasteiger partial charge in [-0.2, -0.15) is 0 Å². The van der Waals surface area contributed by atoms with E-state index in [9.17, 15) is 5.11 Å². The molecule has 138 valence electrons. The van der Waals surface area contributed by atoms with Crippen LogP contribution in [0.1, 0.15) is 32.4 Å². The number of aromatic nitrogens is 6. The highest BCUT2D eigenvalue weighted by Gasteiger charge is 2.38. The van der Waals surface area contributed by atoms with Crippen LogP contribution in [0.25, 0.3) is 22.4 Å².